The van der Waals surface area contributed by atoms with Crippen molar-refractivity contribution in [3.63, 3.8) is 0 Å². The van der Waals surface area contributed by atoms with Gasteiger partial charge in [0.1, 0.15) is 10.3 Å². The highest BCUT2D eigenvalue weighted by Crippen LogP contribution is 2.21. The van der Waals surface area contributed by atoms with Gasteiger partial charge in [0.2, 0.25) is 5.91 Å². The molecule has 3 rings (SSSR count). The van der Waals surface area contributed by atoms with Crippen molar-refractivity contribution in [1.82, 2.24) is 19.5 Å². The van der Waals surface area contributed by atoms with Crippen LogP contribution in [0.25, 0.3) is 11.0 Å². The Morgan fingerprint density at radius 1 is 1.21 bits per heavy atom. The van der Waals surface area contributed by atoms with Gasteiger partial charge in [0.25, 0.3) is 10.0 Å². The molecule has 0 fully saturated rings. The molecular weight excluding hydrogens is 398 g/mol. The van der Waals surface area contributed by atoms with Crippen molar-refractivity contribution >= 4 is 44.0 Å². The molecule has 150 valence electrons. The fraction of sp³-hybridized carbons (Fsp3) is 0.389. The largest absolute Gasteiger partial charge is 0.323 e. The Morgan fingerprint density at radius 3 is 2.57 bits per heavy atom. The number of nitrogens with one attached hydrogen (secondary N) is 2. The van der Waals surface area contributed by atoms with Gasteiger partial charge in [-0.25, -0.2) is 18.1 Å². The number of carbonyl (C=O) groups is 1. The molecule has 0 saturated heterocycles. The van der Waals surface area contributed by atoms with Crippen molar-refractivity contribution in [3.8, 4) is 0 Å². The molecule has 0 aromatic carbocycles. The standard InChI is InChI=1S/C18H23N5O3S2/c1-11(2)16(22-28(25,26)15-6-5-7-27-15)18(24)21-14-8-13-9-20-23(12(3)4)17(13)19-10-14/h5-12,16,22H,1-4H3,(H,21,24). The number of pyridine rings is 1. The van der Waals surface area contributed by atoms with Crippen molar-refractivity contribution in [2.45, 2.75) is 44.0 Å². The van der Waals surface area contributed by atoms with Gasteiger partial charge in [-0.15, -0.1) is 11.3 Å². The number of sulfonamides is 1. The molecule has 0 radical (unpaired) electrons. The molecule has 0 spiro atoms. The van der Waals surface area contributed by atoms with Crippen LogP contribution in [0.4, 0.5) is 5.69 Å². The molecule has 1 amide bonds. The number of hydrogen-bond donors (Lipinski definition) is 2. The average molecular weight is 422 g/mol. The normalized spacial score (nSPS) is 13.4. The number of fused-ring (bicyclic) bond motifs is 1. The summed E-state index contributed by atoms with van der Waals surface area (Å²) >= 11 is 1.10. The highest BCUT2D eigenvalue weighted by molar-refractivity contribution is 7.91. The van der Waals surface area contributed by atoms with Gasteiger partial charge < -0.3 is 5.32 Å². The van der Waals surface area contributed by atoms with E-state index in [-0.39, 0.29) is 16.2 Å². The first-order valence-electron chi connectivity index (χ1n) is 8.89. The van der Waals surface area contributed by atoms with Crippen LogP contribution in [0, 0.1) is 5.92 Å². The van der Waals surface area contributed by atoms with E-state index in [0.717, 1.165) is 22.4 Å². The van der Waals surface area contributed by atoms with E-state index in [9.17, 15) is 13.2 Å². The van der Waals surface area contributed by atoms with Crippen molar-refractivity contribution in [2.24, 2.45) is 5.92 Å². The van der Waals surface area contributed by atoms with Crippen molar-refractivity contribution < 1.29 is 13.2 Å². The fourth-order valence-electron chi connectivity index (χ4n) is 2.74. The molecule has 10 heteroatoms. The average Bonchev–Trinajstić information content (AvgIpc) is 3.29. The first-order valence-corrected chi connectivity index (χ1v) is 11.3. The number of rotatable bonds is 7. The Kier molecular flexibility index (Phi) is 5.82. The van der Waals surface area contributed by atoms with Crippen molar-refractivity contribution in [3.05, 3.63) is 36.0 Å². The lowest BCUT2D eigenvalue weighted by Crippen LogP contribution is -2.46. The molecule has 3 aromatic heterocycles. The van der Waals surface area contributed by atoms with Crippen LogP contribution in [0.2, 0.25) is 0 Å². The Morgan fingerprint density at radius 2 is 1.96 bits per heavy atom. The van der Waals surface area contributed by atoms with Gasteiger partial charge in [-0.2, -0.15) is 9.82 Å². The lowest BCUT2D eigenvalue weighted by molar-refractivity contribution is -0.118. The minimum atomic E-state index is -3.76. The zero-order chi connectivity index (χ0) is 20.5. The maximum Gasteiger partial charge on any atom is 0.250 e. The van der Waals surface area contributed by atoms with E-state index in [1.165, 1.54) is 6.07 Å². The van der Waals surface area contributed by atoms with Crippen LogP contribution in [0.5, 0.6) is 0 Å². The molecular formula is C18H23N5O3S2. The van der Waals surface area contributed by atoms with Crippen molar-refractivity contribution in [1.29, 1.82) is 0 Å². The molecule has 0 aliphatic heterocycles. The molecule has 3 heterocycles. The van der Waals surface area contributed by atoms with Crippen LogP contribution < -0.4 is 10.0 Å². The lowest BCUT2D eigenvalue weighted by atomic mass is 10.0. The SMILES string of the molecule is CC(C)C(NS(=O)(=O)c1cccs1)C(=O)Nc1cnc2c(cnn2C(C)C)c1. The second-order valence-corrected chi connectivity index (χ2v) is 9.97. The molecule has 28 heavy (non-hydrogen) atoms. The number of thiophene rings is 1. The van der Waals surface area contributed by atoms with Crippen molar-refractivity contribution in [2.75, 3.05) is 5.32 Å². The quantitative estimate of drug-likeness (QED) is 0.610. The second-order valence-electron chi connectivity index (χ2n) is 7.08. The van der Waals surface area contributed by atoms with E-state index in [4.69, 9.17) is 0 Å². The summed E-state index contributed by atoms with van der Waals surface area (Å²) in [5, 5.41) is 9.54. The Labute approximate surface area is 168 Å². The monoisotopic (exact) mass is 421 g/mol. The van der Waals surface area contributed by atoms with E-state index in [0.29, 0.717) is 5.69 Å². The molecule has 3 aromatic rings. The minimum Gasteiger partial charge on any atom is -0.323 e. The van der Waals surface area contributed by atoms with Crippen LogP contribution in [0.1, 0.15) is 33.7 Å². The molecule has 0 saturated carbocycles. The summed E-state index contributed by atoms with van der Waals surface area (Å²) in [5.41, 5.74) is 1.22. The van der Waals surface area contributed by atoms with Crippen LogP contribution in [0.3, 0.4) is 0 Å². The van der Waals surface area contributed by atoms with Gasteiger partial charge in [0.15, 0.2) is 5.65 Å². The maximum absolute atomic E-state index is 12.8. The van der Waals surface area contributed by atoms with Crippen LogP contribution in [0.15, 0.2) is 40.2 Å². The molecule has 8 nitrogen and oxygen atoms in total. The van der Waals surface area contributed by atoms with Gasteiger partial charge in [0.05, 0.1) is 18.1 Å². The topological polar surface area (TPSA) is 106 Å². The van der Waals surface area contributed by atoms with Gasteiger partial charge in [0, 0.05) is 11.4 Å². The van der Waals surface area contributed by atoms with Gasteiger partial charge >= 0.3 is 0 Å². The lowest BCUT2D eigenvalue weighted by Gasteiger charge is -2.21. The fourth-order valence-corrected chi connectivity index (χ4v) is 5.09. The van der Waals surface area contributed by atoms with Crippen LogP contribution in [-0.2, 0) is 14.8 Å². The van der Waals surface area contributed by atoms with E-state index in [1.807, 2.05) is 13.8 Å². The summed E-state index contributed by atoms with van der Waals surface area (Å²) in [5.74, 6) is -0.678. The van der Waals surface area contributed by atoms with Gasteiger partial charge in [-0.1, -0.05) is 19.9 Å². The second kappa shape index (κ2) is 7.98. The summed E-state index contributed by atoms with van der Waals surface area (Å²) < 4.78 is 29.5. The summed E-state index contributed by atoms with van der Waals surface area (Å²) in [6, 6.07) is 4.19. The number of anilines is 1. The first kappa shape index (κ1) is 20.4. The van der Waals surface area contributed by atoms with E-state index in [1.54, 1.807) is 48.4 Å². The van der Waals surface area contributed by atoms with E-state index in [2.05, 4.69) is 20.1 Å². The minimum absolute atomic E-state index is 0.169. The summed E-state index contributed by atoms with van der Waals surface area (Å²) in [4.78, 5) is 17.2. The molecule has 0 aliphatic rings. The zero-order valence-corrected chi connectivity index (χ0v) is 17.7. The Hall–Kier alpha value is -2.30. The summed E-state index contributed by atoms with van der Waals surface area (Å²) in [6.45, 7) is 7.60. The molecule has 1 atom stereocenters. The molecule has 1 unspecified atom stereocenters. The number of nitrogens with zero attached hydrogens (tertiary/aromatic N) is 3. The predicted molar refractivity (Wildman–Crippen MR) is 110 cm³/mol. The number of aromatic nitrogens is 3. The van der Waals surface area contributed by atoms with Crippen LogP contribution >= 0.6 is 11.3 Å². The highest BCUT2D eigenvalue weighted by Gasteiger charge is 2.29. The highest BCUT2D eigenvalue weighted by atomic mass is 32.2. The number of amides is 1. The number of hydrogen-bond acceptors (Lipinski definition) is 6. The third-order valence-electron chi connectivity index (χ3n) is 4.18. The smallest absolute Gasteiger partial charge is 0.250 e. The molecule has 0 aliphatic carbocycles. The predicted octanol–water partition coefficient (Wildman–Crippen LogP) is 3.02. The van der Waals surface area contributed by atoms with E-state index < -0.39 is 22.0 Å². The van der Waals surface area contributed by atoms with E-state index >= 15 is 0 Å². The maximum atomic E-state index is 12.8. The van der Waals surface area contributed by atoms with Gasteiger partial charge in [-0.3, -0.25) is 4.79 Å². The van der Waals surface area contributed by atoms with Crippen LogP contribution in [-0.4, -0.2) is 35.1 Å². The van der Waals surface area contributed by atoms with Gasteiger partial charge in [-0.05, 0) is 37.3 Å². The third-order valence-corrected chi connectivity index (χ3v) is 7.02. The molecule has 2 N–H and O–H groups in total. The third kappa shape index (κ3) is 4.23. The zero-order valence-electron chi connectivity index (χ0n) is 16.1. The first-order chi connectivity index (χ1) is 13.2. The number of carbonyl (C=O) groups excluding carboxylic acids is 1. The summed E-state index contributed by atoms with van der Waals surface area (Å²) in [7, 11) is -3.76. The summed E-state index contributed by atoms with van der Waals surface area (Å²) in [6.07, 6.45) is 3.24. The Balaban J connectivity index is 1.80. The Bertz CT molecular complexity index is 1070. The molecule has 0 bridgehead atoms.